The first kappa shape index (κ1) is 16.0. The lowest BCUT2D eigenvalue weighted by Gasteiger charge is -2.13. The lowest BCUT2D eigenvalue weighted by molar-refractivity contribution is 0.101. The Morgan fingerprint density at radius 2 is 1.86 bits per heavy atom. The molecule has 0 aliphatic rings. The van der Waals surface area contributed by atoms with Crippen LogP contribution in [0.15, 0.2) is 47.8 Å². The van der Waals surface area contributed by atoms with Crippen LogP contribution in [0.2, 0.25) is 0 Å². The Balaban J connectivity index is 3.03. The first-order chi connectivity index (χ1) is 10.0. The van der Waals surface area contributed by atoms with Gasteiger partial charge in [0.15, 0.2) is 11.4 Å². The van der Waals surface area contributed by atoms with Crippen LogP contribution >= 0.6 is 0 Å². The van der Waals surface area contributed by atoms with Crippen molar-refractivity contribution in [1.29, 1.82) is 10.5 Å². The molecule has 0 unspecified atom stereocenters. The molecular weight excluding hydrogens is 264 g/mol. The number of benzene rings is 1. The predicted octanol–water partition coefficient (Wildman–Crippen LogP) is 2.68. The number of ketones is 1. The van der Waals surface area contributed by atoms with E-state index in [-0.39, 0.29) is 11.4 Å². The molecule has 5 heteroatoms. The molecule has 0 atom stereocenters. The van der Waals surface area contributed by atoms with E-state index < -0.39 is 0 Å². The number of nitriles is 2. The molecule has 0 bridgehead atoms. The number of anilines is 1. The van der Waals surface area contributed by atoms with Crippen molar-refractivity contribution < 1.29 is 4.79 Å². The van der Waals surface area contributed by atoms with E-state index in [1.54, 1.807) is 49.5 Å². The van der Waals surface area contributed by atoms with Gasteiger partial charge in [-0.15, -0.1) is 0 Å². The van der Waals surface area contributed by atoms with E-state index in [0.29, 0.717) is 16.9 Å². The minimum absolute atomic E-state index is 0.0258. The standard InChI is InChI=1S/C16H16N4O/c1-12(21)14-6-4-5-7-15(14)19-9-8-16(20(2)3)13(10-17)11-18/h4-9,19H,1-3H3. The maximum absolute atomic E-state index is 11.5. The molecule has 1 N–H and O–H groups in total. The Morgan fingerprint density at radius 3 is 2.38 bits per heavy atom. The molecule has 1 aromatic carbocycles. The van der Waals surface area contributed by atoms with Gasteiger partial charge in [0, 0.05) is 31.5 Å². The number of carbonyl (C=O) groups excluding carboxylic acids is 1. The summed E-state index contributed by atoms with van der Waals surface area (Å²) in [5.41, 5.74) is 1.78. The largest absolute Gasteiger partial charge is 0.376 e. The van der Waals surface area contributed by atoms with Crippen molar-refractivity contribution in [2.45, 2.75) is 6.92 Å². The first-order valence-electron chi connectivity index (χ1n) is 6.26. The number of rotatable bonds is 5. The van der Waals surface area contributed by atoms with Crippen molar-refractivity contribution in [1.82, 2.24) is 4.90 Å². The maximum atomic E-state index is 11.5. The van der Waals surface area contributed by atoms with E-state index in [1.165, 1.54) is 6.92 Å². The summed E-state index contributed by atoms with van der Waals surface area (Å²) in [5.74, 6) is -0.0374. The lowest BCUT2D eigenvalue weighted by atomic mass is 10.1. The summed E-state index contributed by atoms with van der Waals surface area (Å²) in [6, 6.07) is 10.8. The number of hydrogen-bond donors (Lipinski definition) is 1. The summed E-state index contributed by atoms with van der Waals surface area (Å²) in [5, 5.41) is 20.8. The molecule has 5 nitrogen and oxygen atoms in total. The molecule has 106 valence electrons. The summed E-state index contributed by atoms with van der Waals surface area (Å²) in [6.45, 7) is 1.50. The zero-order valence-electron chi connectivity index (χ0n) is 12.2. The van der Waals surface area contributed by atoms with Crippen LogP contribution in [0.3, 0.4) is 0 Å². The van der Waals surface area contributed by atoms with Crippen molar-refractivity contribution in [2.75, 3.05) is 19.4 Å². The molecule has 0 saturated heterocycles. The highest BCUT2D eigenvalue weighted by molar-refractivity contribution is 5.99. The summed E-state index contributed by atoms with van der Waals surface area (Å²) in [4.78, 5) is 13.2. The normalized spacial score (nSPS) is 9.57. The summed E-state index contributed by atoms with van der Waals surface area (Å²) in [6.07, 6.45) is 3.23. The number of para-hydroxylation sites is 1. The molecule has 0 fully saturated rings. The van der Waals surface area contributed by atoms with Crippen molar-refractivity contribution in [3.63, 3.8) is 0 Å². The summed E-state index contributed by atoms with van der Waals surface area (Å²) < 4.78 is 0. The molecule has 21 heavy (non-hydrogen) atoms. The fourth-order valence-electron chi connectivity index (χ4n) is 1.72. The zero-order chi connectivity index (χ0) is 15.8. The van der Waals surface area contributed by atoms with E-state index in [1.807, 2.05) is 18.2 Å². The third-order valence-electron chi connectivity index (χ3n) is 2.75. The Hall–Kier alpha value is -3.05. The Morgan fingerprint density at radius 1 is 1.24 bits per heavy atom. The fourth-order valence-corrected chi connectivity index (χ4v) is 1.72. The molecule has 0 heterocycles. The Labute approximate surface area is 124 Å². The van der Waals surface area contributed by atoms with Gasteiger partial charge < -0.3 is 10.2 Å². The van der Waals surface area contributed by atoms with Gasteiger partial charge >= 0.3 is 0 Å². The molecule has 0 saturated carbocycles. The van der Waals surface area contributed by atoms with Crippen LogP contribution in [-0.2, 0) is 0 Å². The minimum Gasteiger partial charge on any atom is -0.376 e. The molecule has 0 aliphatic heterocycles. The van der Waals surface area contributed by atoms with Crippen LogP contribution in [0.1, 0.15) is 17.3 Å². The van der Waals surface area contributed by atoms with Crippen LogP contribution in [0.4, 0.5) is 5.69 Å². The SMILES string of the molecule is CC(=O)c1ccccc1NC=CC(=C(C#N)C#N)N(C)C. The van der Waals surface area contributed by atoms with E-state index in [0.717, 1.165) is 0 Å². The second-order valence-corrected chi connectivity index (χ2v) is 4.46. The molecule has 0 spiro atoms. The van der Waals surface area contributed by atoms with Gasteiger partial charge in [0.2, 0.25) is 0 Å². The van der Waals surface area contributed by atoms with Gasteiger partial charge in [0.25, 0.3) is 0 Å². The van der Waals surface area contributed by atoms with Gasteiger partial charge in [-0.1, -0.05) is 12.1 Å². The van der Waals surface area contributed by atoms with Crippen molar-refractivity contribution >= 4 is 11.5 Å². The number of likely N-dealkylation sites (N-methyl/N-ethyl adjacent to an activating group) is 1. The van der Waals surface area contributed by atoms with Crippen LogP contribution in [0.25, 0.3) is 0 Å². The van der Waals surface area contributed by atoms with E-state index in [2.05, 4.69) is 5.32 Å². The van der Waals surface area contributed by atoms with E-state index in [4.69, 9.17) is 10.5 Å². The average Bonchev–Trinajstić information content (AvgIpc) is 2.46. The molecule has 1 rings (SSSR count). The number of allylic oxidation sites excluding steroid dienone is 2. The summed E-state index contributed by atoms with van der Waals surface area (Å²) >= 11 is 0. The van der Waals surface area contributed by atoms with Crippen LogP contribution in [0, 0.1) is 22.7 Å². The molecule has 0 aromatic heterocycles. The molecule has 0 amide bonds. The van der Waals surface area contributed by atoms with Gasteiger partial charge in [-0.2, -0.15) is 10.5 Å². The third kappa shape index (κ3) is 4.22. The lowest BCUT2D eigenvalue weighted by Crippen LogP contribution is -2.11. The quantitative estimate of drug-likeness (QED) is 0.509. The minimum atomic E-state index is -0.0374. The number of hydrogen-bond acceptors (Lipinski definition) is 5. The van der Waals surface area contributed by atoms with E-state index >= 15 is 0 Å². The topological polar surface area (TPSA) is 79.9 Å². The Bertz CT molecular complexity index is 656. The molecule has 0 radical (unpaired) electrons. The molecular formula is C16H16N4O. The molecule has 0 aliphatic carbocycles. The Kier molecular flexibility index (Phi) is 5.73. The van der Waals surface area contributed by atoms with Gasteiger partial charge in [0.05, 0.1) is 5.70 Å². The second-order valence-electron chi connectivity index (χ2n) is 4.46. The monoisotopic (exact) mass is 280 g/mol. The van der Waals surface area contributed by atoms with Crippen molar-refractivity contribution in [3.05, 3.63) is 53.4 Å². The van der Waals surface area contributed by atoms with E-state index in [9.17, 15) is 4.79 Å². The number of Topliss-reactive ketones (excluding diaryl/α,β-unsaturated/α-hetero) is 1. The van der Waals surface area contributed by atoms with Crippen molar-refractivity contribution in [3.8, 4) is 12.1 Å². The number of nitrogens with zero attached hydrogens (tertiary/aromatic N) is 3. The highest BCUT2D eigenvalue weighted by Gasteiger charge is 2.06. The van der Waals surface area contributed by atoms with Gasteiger partial charge in [-0.25, -0.2) is 0 Å². The second kappa shape index (κ2) is 7.52. The predicted molar refractivity (Wildman–Crippen MR) is 81.1 cm³/mol. The van der Waals surface area contributed by atoms with Crippen LogP contribution < -0.4 is 5.32 Å². The number of carbonyl (C=O) groups is 1. The first-order valence-corrected chi connectivity index (χ1v) is 6.26. The highest BCUT2D eigenvalue weighted by Crippen LogP contribution is 2.16. The van der Waals surface area contributed by atoms with Gasteiger partial charge in [0.1, 0.15) is 12.1 Å². The average molecular weight is 280 g/mol. The zero-order valence-corrected chi connectivity index (χ0v) is 12.2. The smallest absolute Gasteiger partial charge is 0.161 e. The fraction of sp³-hybridized carbons (Fsp3) is 0.188. The van der Waals surface area contributed by atoms with Crippen molar-refractivity contribution in [2.24, 2.45) is 0 Å². The summed E-state index contributed by atoms with van der Waals surface area (Å²) in [7, 11) is 3.50. The molecule has 1 aromatic rings. The van der Waals surface area contributed by atoms with Crippen LogP contribution in [-0.4, -0.2) is 24.8 Å². The third-order valence-corrected chi connectivity index (χ3v) is 2.75. The van der Waals surface area contributed by atoms with Gasteiger partial charge in [-0.3, -0.25) is 4.79 Å². The maximum Gasteiger partial charge on any atom is 0.161 e. The van der Waals surface area contributed by atoms with Gasteiger partial charge in [-0.05, 0) is 25.1 Å². The van der Waals surface area contributed by atoms with Crippen LogP contribution in [0.5, 0.6) is 0 Å². The number of nitrogens with one attached hydrogen (secondary N) is 1. The highest BCUT2D eigenvalue weighted by atomic mass is 16.1.